The number of pyridine rings is 2. The van der Waals surface area contributed by atoms with Crippen LogP contribution in [0.1, 0.15) is 17.0 Å². The van der Waals surface area contributed by atoms with Crippen LogP contribution in [0, 0.1) is 6.92 Å². The van der Waals surface area contributed by atoms with Crippen molar-refractivity contribution in [2.75, 3.05) is 5.73 Å². The molecule has 5 rings (SSSR count). The van der Waals surface area contributed by atoms with E-state index in [0.29, 0.717) is 18.2 Å². The maximum atomic E-state index is 12.4. The summed E-state index contributed by atoms with van der Waals surface area (Å²) in [6, 6.07) is 10.9. The fourth-order valence-electron chi connectivity index (χ4n) is 3.66. The highest BCUT2D eigenvalue weighted by molar-refractivity contribution is 5.79. The molecule has 9 nitrogen and oxygen atoms in total. The van der Waals surface area contributed by atoms with E-state index in [1.54, 1.807) is 39.7 Å². The molecule has 0 aliphatic rings. The predicted molar refractivity (Wildman–Crippen MR) is 113 cm³/mol. The Morgan fingerprint density at radius 2 is 1.93 bits per heavy atom. The van der Waals surface area contributed by atoms with E-state index in [1.165, 1.54) is 0 Å². The third kappa shape index (κ3) is 2.96. The van der Waals surface area contributed by atoms with Gasteiger partial charge in [0.15, 0.2) is 0 Å². The maximum absolute atomic E-state index is 12.4. The molecule has 0 aliphatic heterocycles. The van der Waals surface area contributed by atoms with Gasteiger partial charge in [-0.2, -0.15) is 0 Å². The Hall–Kier alpha value is -4.14. The van der Waals surface area contributed by atoms with Gasteiger partial charge >= 0.3 is 5.69 Å². The summed E-state index contributed by atoms with van der Waals surface area (Å²) in [5.41, 5.74) is 11.2. The number of nitrogens with one attached hydrogen (secondary N) is 1. The summed E-state index contributed by atoms with van der Waals surface area (Å²) < 4.78 is 3.45. The van der Waals surface area contributed by atoms with Crippen LogP contribution in [0.15, 0.2) is 53.6 Å². The van der Waals surface area contributed by atoms with Gasteiger partial charge in [-0.3, -0.25) is 14.5 Å². The molecule has 9 heteroatoms. The first kappa shape index (κ1) is 17.9. The fourth-order valence-corrected chi connectivity index (χ4v) is 3.66. The lowest BCUT2D eigenvalue weighted by atomic mass is 10.2. The zero-order chi connectivity index (χ0) is 20.8. The molecule has 4 N–H and O–H groups in total. The molecule has 1 aromatic carbocycles. The van der Waals surface area contributed by atoms with Crippen molar-refractivity contribution in [1.82, 2.24) is 29.1 Å². The number of imidazole rings is 2. The lowest BCUT2D eigenvalue weighted by Gasteiger charge is -2.10. The van der Waals surface area contributed by atoms with Crippen LogP contribution in [0.25, 0.3) is 22.1 Å². The van der Waals surface area contributed by atoms with E-state index in [0.717, 1.165) is 33.3 Å². The number of hydrogen-bond donors (Lipinski definition) is 3. The van der Waals surface area contributed by atoms with Gasteiger partial charge in [0.05, 0.1) is 41.4 Å². The van der Waals surface area contributed by atoms with Crippen LogP contribution >= 0.6 is 0 Å². The van der Waals surface area contributed by atoms with Crippen LogP contribution < -0.4 is 11.4 Å². The number of benzene rings is 1. The van der Waals surface area contributed by atoms with Crippen molar-refractivity contribution in [2.45, 2.75) is 20.0 Å². The van der Waals surface area contributed by atoms with Gasteiger partial charge in [0.25, 0.3) is 0 Å². The van der Waals surface area contributed by atoms with Gasteiger partial charge in [0.1, 0.15) is 11.4 Å². The number of fused-ring (bicyclic) bond motifs is 2. The van der Waals surface area contributed by atoms with E-state index >= 15 is 0 Å². The minimum Gasteiger partial charge on any atom is -0.506 e. The second kappa shape index (κ2) is 6.73. The summed E-state index contributed by atoms with van der Waals surface area (Å²) in [7, 11) is 0. The quantitative estimate of drug-likeness (QED) is 0.423. The summed E-state index contributed by atoms with van der Waals surface area (Å²) in [6.45, 7) is 2.53. The largest absolute Gasteiger partial charge is 0.506 e. The van der Waals surface area contributed by atoms with E-state index in [1.807, 2.05) is 25.1 Å². The summed E-state index contributed by atoms with van der Waals surface area (Å²) in [4.78, 5) is 28.2. The Balaban J connectivity index is 1.57. The van der Waals surface area contributed by atoms with Crippen molar-refractivity contribution in [3.8, 4) is 5.75 Å². The van der Waals surface area contributed by atoms with Crippen LogP contribution in [0.5, 0.6) is 5.75 Å². The Kier molecular flexibility index (Phi) is 4.02. The van der Waals surface area contributed by atoms with Crippen molar-refractivity contribution in [2.24, 2.45) is 0 Å². The minimum absolute atomic E-state index is 0.107. The van der Waals surface area contributed by atoms with E-state index in [9.17, 15) is 9.90 Å². The standard InChI is InChI=1S/C21H19N7O2/c1-12-2-5-19(29)16(24-12)11-27-17-8-13(3-4-14(17)25-20(27)22)10-28-18-9-23-7-6-15(18)26-21(28)30/h2-9,29H,10-11H2,1H3,(H2,22,25)(H,26,30). The van der Waals surface area contributed by atoms with Gasteiger partial charge < -0.3 is 20.4 Å². The summed E-state index contributed by atoms with van der Waals surface area (Å²) in [6.07, 6.45) is 3.31. The third-order valence-corrected chi connectivity index (χ3v) is 5.16. The zero-order valence-electron chi connectivity index (χ0n) is 16.2. The molecule has 0 bridgehead atoms. The van der Waals surface area contributed by atoms with Crippen molar-refractivity contribution in [3.05, 3.63) is 76.2 Å². The van der Waals surface area contributed by atoms with Crippen LogP contribution in [0.4, 0.5) is 5.95 Å². The second-order valence-corrected chi connectivity index (χ2v) is 7.21. The average Bonchev–Trinajstić information content (AvgIpc) is 3.21. The van der Waals surface area contributed by atoms with E-state index < -0.39 is 0 Å². The minimum atomic E-state index is -0.194. The van der Waals surface area contributed by atoms with Gasteiger partial charge in [0.2, 0.25) is 5.95 Å². The lowest BCUT2D eigenvalue weighted by molar-refractivity contribution is 0.461. The van der Waals surface area contributed by atoms with Crippen LogP contribution in [-0.4, -0.2) is 34.2 Å². The first-order valence-corrected chi connectivity index (χ1v) is 9.42. The molecule has 150 valence electrons. The molecule has 0 saturated heterocycles. The molecule has 4 heterocycles. The van der Waals surface area contributed by atoms with Crippen molar-refractivity contribution in [3.63, 3.8) is 0 Å². The fraction of sp³-hybridized carbons (Fsp3) is 0.143. The number of anilines is 1. The van der Waals surface area contributed by atoms with Gasteiger partial charge in [-0.1, -0.05) is 6.07 Å². The monoisotopic (exact) mass is 401 g/mol. The highest BCUT2D eigenvalue weighted by Gasteiger charge is 2.14. The number of nitrogens with zero attached hydrogens (tertiary/aromatic N) is 5. The van der Waals surface area contributed by atoms with Crippen molar-refractivity contribution >= 4 is 28.0 Å². The molecule has 0 aliphatic carbocycles. The molecule has 0 saturated carbocycles. The molecule has 0 unspecified atom stereocenters. The second-order valence-electron chi connectivity index (χ2n) is 7.21. The first-order chi connectivity index (χ1) is 14.5. The zero-order valence-corrected chi connectivity index (χ0v) is 16.2. The van der Waals surface area contributed by atoms with E-state index in [4.69, 9.17) is 5.73 Å². The highest BCUT2D eigenvalue weighted by Crippen LogP contribution is 2.24. The summed E-state index contributed by atoms with van der Waals surface area (Å²) in [5.74, 6) is 0.439. The number of aryl methyl sites for hydroxylation is 1. The first-order valence-electron chi connectivity index (χ1n) is 9.42. The average molecular weight is 401 g/mol. The smallest absolute Gasteiger partial charge is 0.326 e. The molecular formula is C21H19N7O2. The van der Waals surface area contributed by atoms with E-state index in [2.05, 4.69) is 19.9 Å². The number of H-pyrrole nitrogens is 1. The Labute approximate surface area is 170 Å². The van der Waals surface area contributed by atoms with Crippen LogP contribution in [0.2, 0.25) is 0 Å². The molecule has 0 radical (unpaired) electrons. The number of rotatable bonds is 4. The van der Waals surface area contributed by atoms with Crippen LogP contribution in [-0.2, 0) is 13.1 Å². The van der Waals surface area contributed by atoms with Gasteiger partial charge in [-0.15, -0.1) is 0 Å². The van der Waals surface area contributed by atoms with Crippen LogP contribution in [0.3, 0.4) is 0 Å². The van der Waals surface area contributed by atoms with Crippen molar-refractivity contribution < 1.29 is 5.11 Å². The number of hydrogen-bond acceptors (Lipinski definition) is 6. The highest BCUT2D eigenvalue weighted by atomic mass is 16.3. The molecule has 0 atom stereocenters. The van der Waals surface area contributed by atoms with Gasteiger partial charge in [-0.25, -0.2) is 9.78 Å². The topological polar surface area (TPSA) is 128 Å². The summed E-state index contributed by atoms with van der Waals surface area (Å²) in [5, 5.41) is 10.2. The predicted octanol–water partition coefficient (Wildman–Crippen LogP) is 2.16. The molecule has 0 amide bonds. The number of nitrogen functional groups attached to an aromatic ring is 1. The number of aromatic hydroxyl groups is 1. The maximum Gasteiger partial charge on any atom is 0.326 e. The molecule has 30 heavy (non-hydrogen) atoms. The normalized spacial score (nSPS) is 11.5. The van der Waals surface area contributed by atoms with E-state index in [-0.39, 0.29) is 18.0 Å². The Morgan fingerprint density at radius 3 is 2.80 bits per heavy atom. The molecule has 5 aromatic rings. The van der Waals surface area contributed by atoms with Gasteiger partial charge in [-0.05, 0) is 42.8 Å². The summed E-state index contributed by atoms with van der Waals surface area (Å²) >= 11 is 0. The molecular weight excluding hydrogens is 382 g/mol. The van der Waals surface area contributed by atoms with Crippen molar-refractivity contribution in [1.29, 1.82) is 0 Å². The number of aromatic amines is 1. The molecule has 0 fully saturated rings. The Bertz CT molecular complexity index is 1460. The molecule has 4 aromatic heterocycles. The number of nitrogens with two attached hydrogens (primary N) is 1. The third-order valence-electron chi connectivity index (χ3n) is 5.16. The lowest BCUT2D eigenvalue weighted by Crippen LogP contribution is -2.17. The SMILES string of the molecule is Cc1ccc(O)c(Cn2c(N)nc3ccc(Cn4c(=O)[nH]c5ccncc54)cc32)n1. The van der Waals surface area contributed by atoms with Gasteiger partial charge in [0, 0.05) is 11.9 Å². The Morgan fingerprint density at radius 1 is 1.07 bits per heavy atom. The number of aromatic nitrogens is 6. The molecule has 0 spiro atoms.